The van der Waals surface area contributed by atoms with Crippen molar-refractivity contribution in [2.75, 3.05) is 24.7 Å². The Labute approximate surface area is 134 Å². The van der Waals surface area contributed by atoms with E-state index < -0.39 is 0 Å². The standard InChI is InChI=1S/C17H17N5O/c1-22(2)17(23)21-13-7-5-6-12(10-13)20-16-14-8-3-4-9-15(14)18-11-19-16/h3-11H,1-2H3,(H,21,23)(H,18,19,20). The van der Waals surface area contributed by atoms with Gasteiger partial charge < -0.3 is 15.5 Å². The third-order valence-corrected chi connectivity index (χ3v) is 3.33. The quantitative estimate of drug-likeness (QED) is 0.777. The van der Waals surface area contributed by atoms with Crippen LogP contribution in [0.25, 0.3) is 10.9 Å². The van der Waals surface area contributed by atoms with Crippen LogP contribution in [0.15, 0.2) is 54.9 Å². The molecule has 0 bridgehead atoms. The number of para-hydroxylation sites is 1. The maximum atomic E-state index is 11.7. The summed E-state index contributed by atoms with van der Waals surface area (Å²) in [6.07, 6.45) is 1.53. The number of hydrogen-bond donors (Lipinski definition) is 2. The van der Waals surface area contributed by atoms with Crippen molar-refractivity contribution in [3.8, 4) is 0 Å². The topological polar surface area (TPSA) is 70.2 Å². The van der Waals surface area contributed by atoms with Crippen molar-refractivity contribution in [3.63, 3.8) is 0 Å². The molecule has 0 aliphatic rings. The van der Waals surface area contributed by atoms with Gasteiger partial charge in [-0.15, -0.1) is 0 Å². The molecule has 2 aromatic carbocycles. The zero-order valence-corrected chi connectivity index (χ0v) is 12.9. The van der Waals surface area contributed by atoms with Gasteiger partial charge in [-0.25, -0.2) is 14.8 Å². The van der Waals surface area contributed by atoms with Crippen molar-refractivity contribution in [1.82, 2.24) is 14.9 Å². The largest absolute Gasteiger partial charge is 0.340 e. The van der Waals surface area contributed by atoms with Crippen molar-refractivity contribution >= 4 is 34.1 Å². The summed E-state index contributed by atoms with van der Waals surface area (Å²) < 4.78 is 0. The van der Waals surface area contributed by atoms with E-state index in [2.05, 4.69) is 20.6 Å². The van der Waals surface area contributed by atoms with Crippen LogP contribution in [0, 0.1) is 0 Å². The first kappa shape index (κ1) is 14.8. The second-order valence-corrected chi connectivity index (χ2v) is 5.27. The first-order valence-electron chi connectivity index (χ1n) is 7.18. The molecule has 6 heteroatoms. The number of nitrogens with one attached hydrogen (secondary N) is 2. The van der Waals surface area contributed by atoms with E-state index in [1.54, 1.807) is 14.1 Å². The second-order valence-electron chi connectivity index (χ2n) is 5.27. The summed E-state index contributed by atoms with van der Waals surface area (Å²) >= 11 is 0. The normalized spacial score (nSPS) is 10.3. The highest BCUT2D eigenvalue weighted by atomic mass is 16.2. The van der Waals surface area contributed by atoms with Crippen LogP contribution in [0.5, 0.6) is 0 Å². The lowest BCUT2D eigenvalue weighted by Crippen LogP contribution is -2.27. The molecule has 0 aliphatic carbocycles. The average Bonchev–Trinajstić information content (AvgIpc) is 2.55. The number of anilines is 3. The van der Waals surface area contributed by atoms with Gasteiger partial charge in [0.15, 0.2) is 0 Å². The van der Waals surface area contributed by atoms with Crippen molar-refractivity contribution < 1.29 is 4.79 Å². The molecular weight excluding hydrogens is 290 g/mol. The zero-order chi connectivity index (χ0) is 16.2. The van der Waals surface area contributed by atoms with Crippen molar-refractivity contribution in [1.29, 1.82) is 0 Å². The lowest BCUT2D eigenvalue weighted by Gasteiger charge is -2.13. The summed E-state index contributed by atoms with van der Waals surface area (Å²) in [6.45, 7) is 0. The van der Waals surface area contributed by atoms with Crippen LogP contribution in [0.1, 0.15) is 0 Å². The molecule has 2 N–H and O–H groups in total. The lowest BCUT2D eigenvalue weighted by molar-refractivity contribution is 0.230. The van der Waals surface area contributed by atoms with Crippen LogP contribution in [-0.2, 0) is 0 Å². The molecule has 6 nitrogen and oxygen atoms in total. The number of rotatable bonds is 3. The highest BCUT2D eigenvalue weighted by molar-refractivity contribution is 5.92. The van der Waals surface area contributed by atoms with Crippen LogP contribution in [0.4, 0.5) is 22.0 Å². The van der Waals surface area contributed by atoms with Gasteiger partial charge in [-0.05, 0) is 30.3 Å². The molecular formula is C17H17N5O. The molecule has 0 atom stereocenters. The van der Waals surface area contributed by atoms with Gasteiger partial charge in [-0.3, -0.25) is 0 Å². The number of hydrogen-bond acceptors (Lipinski definition) is 4. The molecule has 0 spiro atoms. The second kappa shape index (κ2) is 6.31. The molecule has 0 radical (unpaired) electrons. The van der Waals surface area contributed by atoms with Crippen molar-refractivity contribution in [2.45, 2.75) is 0 Å². The molecule has 116 valence electrons. The monoisotopic (exact) mass is 307 g/mol. The molecule has 1 heterocycles. The van der Waals surface area contributed by atoms with Crippen LogP contribution < -0.4 is 10.6 Å². The Balaban J connectivity index is 1.86. The molecule has 1 aromatic heterocycles. The zero-order valence-electron chi connectivity index (χ0n) is 12.9. The summed E-state index contributed by atoms with van der Waals surface area (Å²) in [5.74, 6) is 0.728. The molecule has 3 aromatic rings. The first-order chi connectivity index (χ1) is 11.1. The van der Waals surface area contributed by atoms with Gasteiger partial charge in [0, 0.05) is 30.9 Å². The summed E-state index contributed by atoms with van der Waals surface area (Å²) in [5, 5.41) is 7.04. The summed E-state index contributed by atoms with van der Waals surface area (Å²) in [5.41, 5.74) is 2.43. The molecule has 3 rings (SSSR count). The molecule has 0 aliphatic heterocycles. The molecule has 0 saturated heterocycles. The minimum absolute atomic E-state index is 0.172. The van der Waals surface area contributed by atoms with Crippen molar-refractivity contribution in [2.24, 2.45) is 0 Å². The predicted octanol–water partition coefficient (Wildman–Crippen LogP) is 3.47. The van der Waals surface area contributed by atoms with Gasteiger partial charge >= 0.3 is 6.03 Å². The molecule has 23 heavy (non-hydrogen) atoms. The number of benzene rings is 2. The van der Waals surface area contributed by atoms with Crippen LogP contribution >= 0.6 is 0 Å². The average molecular weight is 307 g/mol. The summed E-state index contributed by atoms with van der Waals surface area (Å²) in [6, 6.07) is 15.1. The smallest absolute Gasteiger partial charge is 0.321 e. The number of fused-ring (bicyclic) bond motifs is 1. The minimum Gasteiger partial charge on any atom is -0.340 e. The Hall–Kier alpha value is -3.15. The highest BCUT2D eigenvalue weighted by Gasteiger charge is 2.06. The number of nitrogens with zero attached hydrogens (tertiary/aromatic N) is 3. The number of aromatic nitrogens is 2. The molecule has 0 saturated carbocycles. The van der Waals surface area contributed by atoms with Gasteiger partial charge in [0.25, 0.3) is 0 Å². The third kappa shape index (κ3) is 3.37. The Bertz CT molecular complexity index is 842. The molecule has 0 fully saturated rings. The van der Waals surface area contributed by atoms with Gasteiger partial charge in [-0.1, -0.05) is 18.2 Å². The lowest BCUT2D eigenvalue weighted by atomic mass is 10.2. The fourth-order valence-corrected chi connectivity index (χ4v) is 2.15. The van der Waals surface area contributed by atoms with E-state index in [0.29, 0.717) is 5.69 Å². The number of carbonyl (C=O) groups excluding carboxylic acids is 1. The Morgan fingerprint density at radius 2 is 1.78 bits per heavy atom. The maximum Gasteiger partial charge on any atom is 0.321 e. The number of carbonyl (C=O) groups is 1. The third-order valence-electron chi connectivity index (χ3n) is 3.33. The van der Waals surface area contributed by atoms with Crippen LogP contribution in [0.3, 0.4) is 0 Å². The Morgan fingerprint density at radius 3 is 2.61 bits per heavy atom. The predicted molar refractivity (Wildman–Crippen MR) is 92.0 cm³/mol. The Kier molecular flexibility index (Phi) is 4.05. The van der Waals surface area contributed by atoms with Crippen molar-refractivity contribution in [3.05, 3.63) is 54.9 Å². The molecule has 0 unspecified atom stereocenters. The summed E-state index contributed by atoms with van der Waals surface area (Å²) in [4.78, 5) is 21.8. The van der Waals surface area contributed by atoms with Gasteiger partial charge in [-0.2, -0.15) is 0 Å². The highest BCUT2D eigenvalue weighted by Crippen LogP contribution is 2.24. The van der Waals surface area contributed by atoms with E-state index in [0.717, 1.165) is 22.4 Å². The van der Waals surface area contributed by atoms with E-state index >= 15 is 0 Å². The summed E-state index contributed by atoms with van der Waals surface area (Å²) in [7, 11) is 3.40. The molecule has 2 amide bonds. The number of urea groups is 1. The van der Waals surface area contributed by atoms with E-state index in [4.69, 9.17) is 0 Å². The van der Waals surface area contributed by atoms with Gasteiger partial charge in [0.05, 0.1) is 5.52 Å². The van der Waals surface area contributed by atoms with Gasteiger partial charge in [0.1, 0.15) is 12.1 Å². The Morgan fingerprint density at radius 1 is 1.00 bits per heavy atom. The number of amides is 2. The first-order valence-corrected chi connectivity index (χ1v) is 7.18. The SMILES string of the molecule is CN(C)C(=O)Nc1cccc(Nc2ncnc3ccccc23)c1. The van der Waals surface area contributed by atoms with E-state index in [1.807, 2.05) is 48.5 Å². The van der Waals surface area contributed by atoms with Crippen LogP contribution in [-0.4, -0.2) is 35.0 Å². The van der Waals surface area contributed by atoms with E-state index in [9.17, 15) is 4.79 Å². The van der Waals surface area contributed by atoms with Crippen LogP contribution in [0.2, 0.25) is 0 Å². The van der Waals surface area contributed by atoms with E-state index in [-0.39, 0.29) is 6.03 Å². The maximum absolute atomic E-state index is 11.7. The fraction of sp³-hybridized carbons (Fsp3) is 0.118. The fourth-order valence-electron chi connectivity index (χ4n) is 2.15. The minimum atomic E-state index is -0.172. The van der Waals surface area contributed by atoms with E-state index in [1.165, 1.54) is 11.2 Å². The van der Waals surface area contributed by atoms with Gasteiger partial charge in [0.2, 0.25) is 0 Å².